The molecular formula is C29H39N5O5. The maximum atomic E-state index is 13.1. The van der Waals surface area contributed by atoms with E-state index >= 15 is 0 Å². The monoisotopic (exact) mass is 537 g/mol. The number of benzene rings is 1. The van der Waals surface area contributed by atoms with E-state index in [0.717, 1.165) is 74.7 Å². The van der Waals surface area contributed by atoms with E-state index in [4.69, 9.17) is 19.4 Å². The summed E-state index contributed by atoms with van der Waals surface area (Å²) in [4.78, 5) is 38.8. The summed E-state index contributed by atoms with van der Waals surface area (Å²) in [6.07, 6.45) is 7.52. The number of aromatic nitrogens is 4. The molecule has 1 unspecified atom stereocenters. The van der Waals surface area contributed by atoms with Gasteiger partial charge in [-0.05, 0) is 82.4 Å². The SMILES string of the molecule is CCCc1nc(C)c2c(=O)[nH]c(-c3cc(C4CCC(C(=O)NOC5CCCCO5)CC4)ccc3OCC)nn12. The Labute approximate surface area is 228 Å². The maximum absolute atomic E-state index is 13.1. The Morgan fingerprint density at radius 1 is 1.18 bits per heavy atom. The van der Waals surface area contributed by atoms with Gasteiger partial charge in [0.25, 0.3) is 5.56 Å². The molecule has 1 saturated carbocycles. The van der Waals surface area contributed by atoms with Crippen molar-refractivity contribution in [2.75, 3.05) is 13.2 Å². The van der Waals surface area contributed by atoms with E-state index in [9.17, 15) is 9.59 Å². The van der Waals surface area contributed by atoms with Gasteiger partial charge in [-0.25, -0.2) is 19.8 Å². The number of H-pyrrole nitrogens is 1. The zero-order valence-corrected chi connectivity index (χ0v) is 23.1. The van der Waals surface area contributed by atoms with Crippen molar-refractivity contribution in [2.24, 2.45) is 5.92 Å². The molecule has 3 aromatic rings. The molecule has 1 aliphatic heterocycles. The van der Waals surface area contributed by atoms with Crippen LogP contribution in [0.4, 0.5) is 0 Å². The fraction of sp³-hybridized carbons (Fsp3) is 0.586. The first-order valence-electron chi connectivity index (χ1n) is 14.3. The van der Waals surface area contributed by atoms with Crippen LogP contribution in [-0.4, -0.2) is 45.0 Å². The van der Waals surface area contributed by atoms with Gasteiger partial charge in [-0.2, -0.15) is 0 Å². The molecule has 3 heterocycles. The first kappa shape index (κ1) is 27.3. The Hall–Kier alpha value is -3.24. The lowest BCUT2D eigenvalue weighted by Crippen LogP contribution is -2.37. The van der Waals surface area contributed by atoms with E-state index in [2.05, 4.69) is 34.5 Å². The minimum Gasteiger partial charge on any atom is -0.493 e. The molecule has 2 aliphatic rings. The van der Waals surface area contributed by atoms with E-state index < -0.39 is 0 Å². The molecule has 10 nitrogen and oxygen atoms in total. The van der Waals surface area contributed by atoms with Gasteiger partial charge in [-0.15, -0.1) is 5.10 Å². The predicted molar refractivity (Wildman–Crippen MR) is 146 cm³/mol. The second-order valence-electron chi connectivity index (χ2n) is 10.5. The smallest absolute Gasteiger partial charge is 0.277 e. The van der Waals surface area contributed by atoms with Crippen molar-refractivity contribution >= 4 is 11.4 Å². The Kier molecular flexibility index (Phi) is 8.62. The number of hydroxylamine groups is 1. The van der Waals surface area contributed by atoms with Gasteiger partial charge in [0.2, 0.25) is 5.91 Å². The Morgan fingerprint density at radius 3 is 2.72 bits per heavy atom. The van der Waals surface area contributed by atoms with Gasteiger partial charge in [0.05, 0.1) is 17.9 Å². The molecule has 2 N–H and O–H groups in total. The number of hydrogen-bond donors (Lipinski definition) is 2. The number of fused-ring (bicyclic) bond motifs is 1. The number of imidazole rings is 1. The fourth-order valence-electron chi connectivity index (χ4n) is 5.71. The van der Waals surface area contributed by atoms with Crippen molar-refractivity contribution in [3.8, 4) is 17.1 Å². The quantitative estimate of drug-likeness (QED) is 0.383. The highest BCUT2D eigenvalue weighted by Gasteiger charge is 2.29. The van der Waals surface area contributed by atoms with Gasteiger partial charge in [-0.1, -0.05) is 13.0 Å². The van der Waals surface area contributed by atoms with Gasteiger partial charge in [0.15, 0.2) is 17.6 Å². The predicted octanol–water partition coefficient (Wildman–Crippen LogP) is 4.59. The van der Waals surface area contributed by atoms with Gasteiger partial charge < -0.3 is 14.5 Å². The lowest BCUT2D eigenvalue weighted by atomic mass is 9.78. The summed E-state index contributed by atoms with van der Waals surface area (Å²) in [5.74, 6) is 2.07. The number of nitrogens with zero attached hydrogens (tertiary/aromatic N) is 3. The average Bonchev–Trinajstić information content (AvgIpc) is 3.28. The summed E-state index contributed by atoms with van der Waals surface area (Å²) < 4.78 is 13.1. The van der Waals surface area contributed by atoms with Crippen molar-refractivity contribution in [1.29, 1.82) is 0 Å². The van der Waals surface area contributed by atoms with Gasteiger partial charge in [0, 0.05) is 25.4 Å². The van der Waals surface area contributed by atoms with Gasteiger partial charge >= 0.3 is 0 Å². The Balaban J connectivity index is 1.34. The van der Waals surface area contributed by atoms with Crippen LogP contribution in [0.25, 0.3) is 16.9 Å². The van der Waals surface area contributed by atoms with Crippen molar-refractivity contribution in [2.45, 2.75) is 90.8 Å². The first-order valence-corrected chi connectivity index (χ1v) is 14.3. The highest BCUT2D eigenvalue weighted by Crippen LogP contribution is 2.39. The lowest BCUT2D eigenvalue weighted by molar-refractivity contribution is -0.202. The summed E-state index contributed by atoms with van der Waals surface area (Å²) in [6, 6.07) is 6.12. The van der Waals surface area contributed by atoms with Gasteiger partial charge in [0.1, 0.15) is 11.6 Å². The summed E-state index contributed by atoms with van der Waals surface area (Å²) in [6.45, 7) is 7.03. The van der Waals surface area contributed by atoms with Crippen LogP contribution < -0.4 is 15.8 Å². The number of ether oxygens (including phenoxy) is 2. The highest BCUT2D eigenvalue weighted by atomic mass is 16.8. The van der Waals surface area contributed by atoms with Crippen molar-refractivity contribution < 1.29 is 19.1 Å². The maximum Gasteiger partial charge on any atom is 0.277 e. The van der Waals surface area contributed by atoms with E-state index in [1.165, 1.54) is 0 Å². The number of carbonyl (C=O) groups is 1. The zero-order valence-electron chi connectivity index (χ0n) is 23.1. The van der Waals surface area contributed by atoms with Crippen LogP contribution in [0.5, 0.6) is 5.75 Å². The highest BCUT2D eigenvalue weighted by molar-refractivity contribution is 5.77. The minimum atomic E-state index is -0.343. The molecular weight excluding hydrogens is 498 g/mol. The number of nitrogens with one attached hydrogen (secondary N) is 2. The van der Waals surface area contributed by atoms with Crippen LogP contribution in [0.15, 0.2) is 23.0 Å². The molecule has 2 aromatic heterocycles. The normalized spacial score (nSPS) is 21.7. The first-order chi connectivity index (χ1) is 19.0. The van der Waals surface area contributed by atoms with Crippen molar-refractivity contribution in [1.82, 2.24) is 25.1 Å². The number of amides is 1. The number of hydrogen-bond acceptors (Lipinski definition) is 7. The third-order valence-corrected chi connectivity index (χ3v) is 7.77. The molecule has 1 aromatic carbocycles. The molecule has 5 rings (SSSR count). The molecule has 1 atom stereocenters. The zero-order chi connectivity index (χ0) is 27.4. The minimum absolute atomic E-state index is 0.0661. The number of aryl methyl sites for hydroxylation is 2. The summed E-state index contributed by atoms with van der Waals surface area (Å²) >= 11 is 0. The molecule has 2 fully saturated rings. The van der Waals surface area contributed by atoms with E-state index in [-0.39, 0.29) is 23.7 Å². The van der Waals surface area contributed by atoms with Crippen LogP contribution in [0.2, 0.25) is 0 Å². The molecule has 210 valence electrons. The molecule has 1 aliphatic carbocycles. The van der Waals surface area contributed by atoms with E-state index in [0.29, 0.717) is 41.9 Å². The Bertz CT molecular complexity index is 1350. The summed E-state index contributed by atoms with van der Waals surface area (Å²) in [7, 11) is 0. The standard InChI is InChI=1S/C29H39N5O5/c1-4-8-24-30-18(3)26-29(36)31-27(32-34(24)26)22-17-21(14-15-23(22)37-5-2)19-10-12-20(13-11-19)28(35)33-39-25-9-6-7-16-38-25/h14-15,17,19-20,25H,4-13,16H2,1-3H3,(H,33,35)(H,31,32,36). The third kappa shape index (κ3) is 6.01. The molecule has 0 bridgehead atoms. The number of carbonyl (C=O) groups excluding carboxylic acids is 1. The number of rotatable bonds is 9. The van der Waals surface area contributed by atoms with Crippen LogP contribution in [0.1, 0.15) is 88.2 Å². The number of aromatic amines is 1. The van der Waals surface area contributed by atoms with Crippen LogP contribution >= 0.6 is 0 Å². The molecule has 0 spiro atoms. The average molecular weight is 538 g/mol. The fourth-order valence-corrected chi connectivity index (χ4v) is 5.71. The third-order valence-electron chi connectivity index (χ3n) is 7.77. The van der Waals surface area contributed by atoms with Crippen molar-refractivity contribution in [3.63, 3.8) is 0 Å². The van der Waals surface area contributed by atoms with E-state index in [1.807, 2.05) is 19.9 Å². The topological polar surface area (TPSA) is 120 Å². The molecule has 10 heteroatoms. The molecule has 0 radical (unpaired) electrons. The second-order valence-corrected chi connectivity index (χ2v) is 10.5. The lowest BCUT2D eigenvalue weighted by Gasteiger charge is -2.29. The van der Waals surface area contributed by atoms with E-state index in [1.54, 1.807) is 4.52 Å². The van der Waals surface area contributed by atoms with Gasteiger partial charge in [-0.3, -0.25) is 9.59 Å². The largest absolute Gasteiger partial charge is 0.493 e. The van der Waals surface area contributed by atoms with Crippen LogP contribution in [0, 0.1) is 12.8 Å². The summed E-state index contributed by atoms with van der Waals surface area (Å²) in [5, 5.41) is 4.81. The summed E-state index contributed by atoms with van der Waals surface area (Å²) in [5.41, 5.74) is 5.48. The van der Waals surface area contributed by atoms with Crippen molar-refractivity contribution in [3.05, 3.63) is 45.6 Å². The molecule has 39 heavy (non-hydrogen) atoms. The Morgan fingerprint density at radius 2 is 2.00 bits per heavy atom. The molecule has 1 amide bonds. The van der Waals surface area contributed by atoms with Crippen LogP contribution in [0.3, 0.4) is 0 Å². The van der Waals surface area contributed by atoms with Crippen LogP contribution in [-0.2, 0) is 20.8 Å². The second kappa shape index (κ2) is 12.3. The molecule has 1 saturated heterocycles.